The fourth-order valence-electron chi connectivity index (χ4n) is 1.34. The number of anilines is 1. The number of hydrogen-bond acceptors (Lipinski definition) is 3. The number of likely N-dealkylation sites (N-methyl/N-ethyl adjacent to an activating group) is 1. The highest BCUT2D eigenvalue weighted by atomic mass is 16.4. The van der Waals surface area contributed by atoms with Gasteiger partial charge in [-0.15, -0.1) is 0 Å². The van der Waals surface area contributed by atoms with E-state index in [9.17, 15) is 14.7 Å². The number of aliphatic carboxylic acids is 1. The van der Waals surface area contributed by atoms with E-state index >= 15 is 0 Å². The number of urea groups is 1. The van der Waals surface area contributed by atoms with Crippen LogP contribution in [-0.4, -0.2) is 47.8 Å². The second-order valence-corrected chi connectivity index (χ2v) is 3.61. The van der Waals surface area contributed by atoms with Crippen LogP contribution in [-0.2, 0) is 4.79 Å². The minimum Gasteiger partial charge on any atom is -0.508 e. The minimum atomic E-state index is -1.08. The molecule has 2 N–H and O–H groups in total. The van der Waals surface area contributed by atoms with E-state index in [0.29, 0.717) is 5.69 Å². The van der Waals surface area contributed by atoms with Crippen molar-refractivity contribution in [2.45, 2.75) is 0 Å². The van der Waals surface area contributed by atoms with E-state index in [4.69, 9.17) is 5.11 Å². The number of carbonyl (C=O) groups excluding carboxylic acids is 1. The van der Waals surface area contributed by atoms with E-state index < -0.39 is 12.0 Å². The molecule has 0 radical (unpaired) electrons. The van der Waals surface area contributed by atoms with Crippen LogP contribution in [0.15, 0.2) is 24.3 Å². The molecular formula is C11H14N2O4. The summed E-state index contributed by atoms with van der Waals surface area (Å²) in [6, 6.07) is 5.70. The Kier molecular flexibility index (Phi) is 3.92. The second kappa shape index (κ2) is 5.20. The fourth-order valence-corrected chi connectivity index (χ4v) is 1.34. The third kappa shape index (κ3) is 3.37. The molecule has 0 aliphatic heterocycles. The van der Waals surface area contributed by atoms with Crippen molar-refractivity contribution in [3.8, 4) is 5.75 Å². The first-order valence-electron chi connectivity index (χ1n) is 4.91. The van der Waals surface area contributed by atoms with Crippen LogP contribution in [0.2, 0.25) is 0 Å². The number of carbonyl (C=O) groups is 2. The summed E-state index contributed by atoms with van der Waals surface area (Å²) < 4.78 is 0. The van der Waals surface area contributed by atoms with Gasteiger partial charge in [-0.1, -0.05) is 6.07 Å². The number of hydrogen-bond donors (Lipinski definition) is 2. The first-order chi connectivity index (χ1) is 7.91. The quantitative estimate of drug-likeness (QED) is 0.822. The monoisotopic (exact) mass is 238 g/mol. The minimum absolute atomic E-state index is 0.0445. The Balaban J connectivity index is 2.79. The number of aromatic hydroxyl groups is 1. The Morgan fingerprint density at radius 2 is 1.94 bits per heavy atom. The van der Waals surface area contributed by atoms with Gasteiger partial charge in [-0.2, -0.15) is 0 Å². The zero-order valence-corrected chi connectivity index (χ0v) is 9.62. The maximum absolute atomic E-state index is 11.8. The van der Waals surface area contributed by atoms with Crippen molar-refractivity contribution in [1.29, 1.82) is 0 Å². The molecular weight excluding hydrogens is 224 g/mol. The van der Waals surface area contributed by atoms with Gasteiger partial charge in [0.15, 0.2) is 0 Å². The van der Waals surface area contributed by atoms with Crippen LogP contribution in [0.3, 0.4) is 0 Å². The van der Waals surface area contributed by atoms with Gasteiger partial charge in [-0.05, 0) is 12.1 Å². The number of phenolic OH excluding ortho intramolecular Hbond substituents is 1. The molecule has 0 fully saturated rings. The molecule has 1 aromatic carbocycles. The van der Waals surface area contributed by atoms with Crippen LogP contribution in [0.5, 0.6) is 5.75 Å². The van der Waals surface area contributed by atoms with E-state index in [1.54, 1.807) is 12.1 Å². The lowest BCUT2D eigenvalue weighted by Crippen LogP contribution is -2.41. The number of rotatable bonds is 3. The lowest BCUT2D eigenvalue weighted by atomic mass is 10.3. The van der Waals surface area contributed by atoms with Crippen molar-refractivity contribution in [2.75, 3.05) is 25.5 Å². The van der Waals surface area contributed by atoms with E-state index in [1.165, 1.54) is 31.1 Å². The second-order valence-electron chi connectivity index (χ2n) is 3.61. The number of nitrogens with zero attached hydrogens (tertiary/aromatic N) is 2. The van der Waals surface area contributed by atoms with Crippen LogP contribution in [0.25, 0.3) is 0 Å². The molecule has 17 heavy (non-hydrogen) atoms. The molecule has 0 aliphatic rings. The van der Waals surface area contributed by atoms with Gasteiger partial charge in [-0.25, -0.2) is 4.79 Å². The van der Waals surface area contributed by atoms with Gasteiger partial charge in [0, 0.05) is 25.8 Å². The highest BCUT2D eigenvalue weighted by Crippen LogP contribution is 2.19. The molecule has 0 bridgehead atoms. The Bertz CT molecular complexity index is 433. The van der Waals surface area contributed by atoms with Crippen LogP contribution >= 0.6 is 0 Å². The summed E-state index contributed by atoms with van der Waals surface area (Å²) in [5.74, 6) is -1.03. The van der Waals surface area contributed by atoms with Crippen molar-refractivity contribution in [2.24, 2.45) is 0 Å². The van der Waals surface area contributed by atoms with Gasteiger partial charge in [0.1, 0.15) is 12.3 Å². The van der Waals surface area contributed by atoms with Gasteiger partial charge < -0.3 is 15.1 Å². The number of carboxylic acids is 1. The third-order valence-electron chi connectivity index (χ3n) is 2.20. The Hall–Kier alpha value is -2.24. The smallest absolute Gasteiger partial charge is 0.324 e. The number of phenols is 1. The molecule has 0 heterocycles. The predicted octanol–water partition coefficient (Wildman–Crippen LogP) is 0.965. The van der Waals surface area contributed by atoms with Crippen LogP contribution in [0.4, 0.5) is 10.5 Å². The maximum atomic E-state index is 11.8. The summed E-state index contributed by atoms with van der Waals surface area (Å²) in [4.78, 5) is 24.6. The van der Waals surface area contributed by atoms with Crippen molar-refractivity contribution < 1.29 is 19.8 Å². The summed E-state index contributed by atoms with van der Waals surface area (Å²) in [5.41, 5.74) is 0.493. The molecule has 1 aromatic rings. The molecule has 0 aromatic heterocycles. The lowest BCUT2D eigenvalue weighted by Gasteiger charge is -2.23. The van der Waals surface area contributed by atoms with Crippen LogP contribution < -0.4 is 4.90 Å². The molecule has 0 unspecified atom stereocenters. The predicted molar refractivity (Wildman–Crippen MR) is 62.2 cm³/mol. The number of amides is 2. The summed E-state index contributed by atoms with van der Waals surface area (Å²) in [5, 5.41) is 17.9. The van der Waals surface area contributed by atoms with Crippen molar-refractivity contribution in [3.63, 3.8) is 0 Å². The molecule has 0 aliphatic carbocycles. The molecule has 2 amide bonds. The zero-order chi connectivity index (χ0) is 13.0. The average molecular weight is 238 g/mol. The van der Waals surface area contributed by atoms with Gasteiger partial charge in [0.2, 0.25) is 0 Å². The van der Waals surface area contributed by atoms with Crippen molar-refractivity contribution in [1.82, 2.24) is 4.90 Å². The van der Waals surface area contributed by atoms with Crippen LogP contribution in [0, 0.1) is 0 Å². The van der Waals surface area contributed by atoms with Gasteiger partial charge in [0.05, 0.1) is 0 Å². The fraction of sp³-hybridized carbons (Fsp3) is 0.273. The SMILES string of the molecule is CN(CC(=O)O)C(=O)N(C)c1cccc(O)c1. The first kappa shape index (κ1) is 12.8. The topological polar surface area (TPSA) is 81.1 Å². The summed E-state index contributed by atoms with van der Waals surface area (Å²) >= 11 is 0. The first-order valence-corrected chi connectivity index (χ1v) is 4.91. The highest BCUT2D eigenvalue weighted by Gasteiger charge is 2.17. The molecule has 0 saturated carbocycles. The van der Waals surface area contributed by atoms with E-state index in [-0.39, 0.29) is 12.3 Å². The molecule has 92 valence electrons. The standard InChI is InChI=1S/C11H14N2O4/c1-12(7-10(15)16)11(17)13(2)8-4-3-5-9(14)6-8/h3-6,14H,7H2,1-2H3,(H,15,16). The Morgan fingerprint density at radius 3 is 2.47 bits per heavy atom. The normalized spacial score (nSPS) is 9.76. The molecule has 1 rings (SSSR count). The van der Waals surface area contributed by atoms with E-state index in [2.05, 4.69) is 0 Å². The van der Waals surface area contributed by atoms with Gasteiger partial charge in [-0.3, -0.25) is 9.69 Å². The van der Waals surface area contributed by atoms with E-state index in [0.717, 1.165) is 4.90 Å². The maximum Gasteiger partial charge on any atom is 0.324 e. The highest BCUT2D eigenvalue weighted by molar-refractivity contribution is 5.93. The molecule has 6 nitrogen and oxygen atoms in total. The number of carboxylic acid groups (broad SMARTS) is 1. The van der Waals surface area contributed by atoms with Crippen molar-refractivity contribution >= 4 is 17.7 Å². The van der Waals surface area contributed by atoms with Gasteiger partial charge >= 0.3 is 12.0 Å². The third-order valence-corrected chi connectivity index (χ3v) is 2.20. The molecule has 0 saturated heterocycles. The van der Waals surface area contributed by atoms with E-state index in [1.807, 2.05) is 0 Å². The largest absolute Gasteiger partial charge is 0.508 e. The number of benzene rings is 1. The molecule has 6 heteroatoms. The van der Waals surface area contributed by atoms with Crippen molar-refractivity contribution in [3.05, 3.63) is 24.3 Å². The Labute approximate surface area is 98.7 Å². The zero-order valence-electron chi connectivity index (χ0n) is 9.62. The van der Waals surface area contributed by atoms with Gasteiger partial charge in [0.25, 0.3) is 0 Å². The molecule has 0 atom stereocenters. The molecule has 0 spiro atoms. The summed E-state index contributed by atoms with van der Waals surface area (Å²) in [6.45, 7) is -0.373. The lowest BCUT2D eigenvalue weighted by molar-refractivity contribution is -0.137. The Morgan fingerprint density at radius 1 is 1.29 bits per heavy atom. The summed E-state index contributed by atoms with van der Waals surface area (Å²) in [7, 11) is 2.91. The van der Waals surface area contributed by atoms with Crippen LogP contribution in [0.1, 0.15) is 0 Å². The summed E-state index contributed by atoms with van der Waals surface area (Å²) in [6.07, 6.45) is 0. The average Bonchev–Trinajstić information content (AvgIpc) is 2.26.